The molecule has 6 heteroatoms. The molecule has 0 aliphatic carbocycles. The van der Waals surface area contributed by atoms with E-state index in [1.54, 1.807) is 5.48 Å². The zero-order valence-electron chi connectivity index (χ0n) is 6.20. The van der Waals surface area contributed by atoms with E-state index in [1.165, 1.54) is 12.1 Å². The molecule has 0 aromatic carbocycles. The molecule has 0 fully saturated rings. The Morgan fingerprint density at radius 3 is 2.33 bits per heavy atom. The average Bonchev–Trinajstić information content (AvgIpc) is 2.01. The Labute approximate surface area is 68.7 Å². The maximum Gasteiger partial charge on any atom is 0.149 e. The minimum absolute atomic E-state index is 0.171. The third kappa shape index (κ3) is 1.61. The summed E-state index contributed by atoms with van der Waals surface area (Å²) in [5.41, 5.74) is 12.8. The van der Waals surface area contributed by atoms with Crippen molar-refractivity contribution >= 4 is 17.5 Å². The first-order valence-corrected chi connectivity index (χ1v) is 3.15. The normalized spacial score (nSPS) is 9.42. The molecule has 0 saturated heterocycles. The molecular formula is C6H9N5O. The van der Waals surface area contributed by atoms with E-state index >= 15 is 0 Å². The number of amidine groups is 1. The van der Waals surface area contributed by atoms with Crippen molar-refractivity contribution in [2.75, 3.05) is 11.5 Å². The fourth-order valence-electron chi connectivity index (χ4n) is 0.783. The van der Waals surface area contributed by atoms with Crippen molar-refractivity contribution in [3.05, 3.63) is 17.7 Å². The molecule has 0 aliphatic heterocycles. The van der Waals surface area contributed by atoms with Crippen molar-refractivity contribution in [2.24, 2.45) is 0 Å². The molecule has 64 valence electrons. The van der Waals surface area contributed by atoms with Crippen LogP contribution in [0.4, 0.5) is 11.6 Å². The van der Waals surface area contributed by atoms with Crippen LogP contribution in [0.15, 0.2) is 12.1 Å². The van der Waals surface area contributed by atoms with E-state index in [-0.39, 0.29) is 17.5 Å². The van der Waals surface area contributed by atoms with Gasteiger partial charge in [0, 0.05) is 5.56 Å². The number of hydrogen-bond donors (Lipinski definition) is 5. The summed E-state index contributed by atoms with van der Waals surface area (Å²) in [6.07, 6.45) is 0. The van der Waals surface area contributed by atoms with Gasteiger partial charge >= 0.3 is 0 Å². The van der Waals surface area contributed by atoms with Crippen LogP contribution in [0.2, 0.25) is 0 Å². The van der Waals surface area contributed by atoms with Gasteiger partial charge in [0.15, 0.2) is 0 Å². The quantitative estimate of drug-likeness (QED) is 0.220. The molecule has 1 rings (SSSR count). The van der Waals surface area contributed by atoms with Crippen LogP contribution in [0, 0.1) is 5.41 Å². The SMILES string of the molecule is N=C(NO)c1cc(N)nc(N)c1. The Morgan fingerprint density at radius 2 is 1.92 bits per heavy atom. The molecule has 6 nitrogen and oxygen atoms in total. The van der Waals surface area contributed by atoms with Gasteiger partial charge in [0.2, 0.25) is 0 Å². The Balaban J connectivity index is 3.08. The second kappa shape index (κ2) is 3.05. The molecule has 0 spiro atoms. The Morgan fingerprint density at radius 1 is 1.42 bits per heavy atom. The van der Waals surface area contributed by atoms with Crippen LogP contribution in [0.25, 0.3) is 0 Å². The van der Waals surface area contributed by atoms with Crippen molar-refractivity contribution in [3.63, 3.8) is 0 Å². The van der Waals surface area contributed by atoms with Crippen LogP contribution >= 0.6 is 0 Å². The summed E-state index contributed by atoms with van der Waals surface area (Å²) in [4.78, 5) is 3.70. The van der Waals surface area contributed by atoms with E-state index in [1.807, 2.05) is 0 Å². The fraction of sp³-hybridized carbons (Fsp3) is 0. The molecule has 7 N–H and O–H groups in total. The lowest BCUT2D eigenvalue weighted by atomic mass is 10.2. The van der Waals surface area contributed by atoms with Gasteiger partial charge in [0.1, 0.15) is 17.5 Å². The van der Waals surface area contributed by atoms with E-state index < -0.39 is 0 Å². The molecule has 1 aromatic rings. The van der Waals surface area contributed by atoms with Gasteiger partial charge in [0.05, 0.1) is 0 Å². The summed E-state index contributed by atoms with van der Waals surface area (Å²) in [5.74, 6) is 0.255. The van der Waals surface area contributed by atoms with Crippen molar-refractivity contribution in [1.82, 2.24) is 10.5 Å². The fourth-order valence-corrected chi connectivity index (χ4v) is 0.783. The van der Waals surface area contributed by atoms with Gasteiger partial charge in [-0.3, -0.25) is 16.1 Å². The van der Waals surface area contributed by atoms with E-state index in [0.717, 1.165) is 0 Å². The van der Waals surface area contributed by atoms with E-state index in [2.05, 4.69) is 4.98 Å². The molecule has 0 amide bonds. The number of aromatic nitrogens is 1. The lowest BCUT2D eigenvalue weighted by Crippen LogP contribution is -2.19. The summed E-state index contributed by atoms with van der Waals surface area (Å²) in [7, 11) is 0. The van der Waals surface area contributed by atoms with Crippen molar-refractivity contribution in [1.29, 1.82) is 5.41 Å². The molecule has 1 aromatic heterocycles. The second-order valence-corrected chi connectivity index (χ2v) is 2.19. The monoisotopic (exact) mass is 167 g/mol. The maximum atomic E-state index is 8.39. The predicted molar refractivity (Wildman–Crippen MR) is 44.8 cm³/mol. The first kappa shape index (κ1) is 8.28. The highest BCUT2D eigenvalue weighted by atomic mass is 16.5. The van der Waals surface area contributed by atoms with Gasteiger partial charge in [-0.25, -0.2) is 4.98 Å². The standard InChI is InChI=1S/C6H9N5O/c7-4-1-3(6(9)11-12)2-5(8)10-4/h1-2,12H,(H2,9,11)(H4,7,8,10). The van der Waals surface area contributed by atoms with Gasteiger partial charge in [-0.05, 0) is 12.1 Å². The minimum Gasteiger partial charge on any atom is -0.384 e. The molecule has 0 bridgehead atoms. The molecule has 0 radical (unpaired) electrons. The van der Waals surface area contributed by atoms with E-state index in [9.17, 15) is 0 Å². The number of anilines is 2. The van der Waals surface area contributed by atoms with Crippen molar-refractivity contribution in [2.45, 2.75) is 0 Å². The smallest absolute Gasteiger partial charge is 0.149 e. The minimum atomic E-state index is -0.171. The third-order valence-electron chi connectivity index (χ3n) is 1.27. The molecule has 0 saturated carbocycles. The Kier molecular flexibility index (Phi) is 2.11. The van der Waals surface area contributed by atoms with Crippen LogP contribution in [0.1, 0.15) is 5.56 Å². The number of hydroxylamine groups is 1. The number of hydrogen-bond acceptors (Lipinski definition) is 5. The molecule has 0 unspecified atom stereocenters. The van der Waals surface area contributed by atoms with Gasteiger partial charge in [-0.15, -0.1) is 0 Å². The summed E-state index contributed by atoms with van der Waals surface area (Å²) in [6.45, 7) is 0. The number of nitrogens with two attached hydrogens (primary N) is 2. The van der Waals surface area contributed by atoms with Crippen LogP contribution < -0.4 is 16.9 Å². The van der Waals surface area contributed by atoms with E-state index in [0.29, 0.717) is 5.56 Å². The van der Waals surface area contributed by atoms with Crippen molar-refractivity contribution in [3.8, 4) is 0 Å². The number of nitrogens with one attached hydrogen (secondary N) is 2. The summed E-state index contributed by atoms with van der Waals surface area (Å²) < 4.78 is 0. The lowest BCUT2D eigenvalue weighted by molar-refractivity contribution is 0.234. The van der Waals surface area contributed by atoms with Crippen LogP contribution in [-0.4, -0.2) is 16.0 Å². The lowest BCUT2D eigenvalue weighted by Gasteiger charge is -2.03. The second-order valence-electron chi connectivity index (χ2n) is 2.19. The van der Waals surface area contributed by atoms with Crippen LogP contribution in [0.3, 0.4) is 0 Å². The molecular weight excluding hydrogens is 158 g/mol. The zero-order valence-corrected chi connectivity index (χ0v) is 6.20. The number of rotatable bonds is 1. The largest absolute Gasteiger partial charge is 0.384 e. The highest BCUT2D eigenvalue weighted by Gasteiger charge is 2.02. The number of pyridine rings is 1. The highest BCUT2D eigenvalue weighted by Crippen LogP contribution is 2.08. The number of nitrogen functional groups attached to an aromatic ring is 2. The van der Waals surface area contributed by atoms with E-state index in [4.69, 9.17) is 22.1 Å². The zero-order chi connectivity index (χ0) is 9.14. The summed E-state index contributed by atoms with van der Waals surface area (Å²) in [5, 5.41) is 15.6. The Bertz CT molecular complexity index is 291. The predicted octanol–water partition coefficient (Wildman–Crippen LogP) is -0.450. The summed E-state index contributed by atoms with van der Waals surface area (Å²) >= 11 is 0. The third-order valence-corrected chi connectivity index (χ3v) is 1.27. The van der Waals surface area contributed by atoms with Gasteiger partial charge in [-0.1, -0.05) is 0 Å². The van der Waals surface area contributed by atoms with Gasteiger partial charge < -0.3 is 11.5 Å². The molecule has 1 heterocycles. The Hall–Kier alpha value is -1.82. The molecule has 12 heavy (non-hydrogen) atoms. The van der Waals surface area contributed by atoms with Crippen molar-refractivity contribution < 1.29 is 5.21 Å². The first-order chi connectivity index (χ1) is 5.63. The molecule has 0 atom stereocenters. The summed E-state index contributed by atoms with van der Waals surface area (Å²) in [6, 6.07) is 2.86. The van der Waals surface area contributed by atoms with Gasteiger partial charge in [-0.2, -0.15) is 0 Å². The topological polar surface area (TPSA) is 121 Å². The van der Waals surface area contributed by atoms with Crippen LogP contribution in [-0.2, 0) is 0 Å². The average molecular weight is 167 g/mol. The molecule has 0 aliphatic rings. The first-order valence-electron chi connectivity index (χ1n) is 3.15. The number of nitrogens with zero attached hydrogens (tertiary/aromatic N) is 1. The highest BCUT2D eigenvalue weighted by molar-refractivity contribution is 5.96. The van der Waals surface area contributed by atoms with Crippen LogP contribution in [0.5, 0.6) is 0 Å². The van der Waals surface area contributed by atoms with Gasteiger partial charge in [0.25, 0.3) is 0 Å². The maximum absolute atomic E-state index is 8.39.